The Kier molecular flexibility index (Phi) is 4.29. The van der Waals surface area contributed by atoms with Crippen LogP contribution in [0, 0.1) is 12.9 Å². The molecular formula is C13H16FN5O. The van der Waals surface area contributed by atoms with Crippen LogP contribution in [-0.2, 0) is 0 Å². The first-order chi connectivity index (χ1) is 9.60. The summed E-state index contributed by atoms with van der Waals surface area (Å²) in [7, 11) is 0. The van der Waals surface area contributed by atoms with Crippen LogP contribution < -0.4 is 10.6 Å². The van der Waals surface area contributed by atoms with Crippen molar-refractivity contribution in [1.29, 1.82) is 0 Å². The zero-order valence-electron chi connectivity index (χ0n) is 11.3. The number of aryl methyl sites for hydroxylation is 1. The molecule has 0 aromatic carbocycles. The van der Waals surface area contributed by atoms with Crippen molar-refractivity contribution in [2.75, 3.05) is 5.32 Å². The molecule has 1 atom stereocenters. The van der Waals surface area contributed by atoms with Gasteiger partial charge in [0, 0.05) is 18.1 Å². The number of H-pyrrole nitrogens is 1. The highest BCUT2D eigenvalue weighted by Gasteiger charge is 2.16. The molecule has 0 aliphatic rings. The number of rotatable bonds is 4. The van der Waals surface area contributed by atoms with E-state index in [2.05, 4.69) is 25.6 Å². The fourth-order valence-corrected chi connectivity index (χ4v) is 1.77. The summed E-state index contributed by atoms with van der Waals surface area (Å²) in [5, 5.41) is 5.16. The van der Waals surface area contributed by atoms with E-state index in [0.717, 1.165) is 5.69 Å². The molecule has 0 radical (unpaired) electrons. The molecule has 3 N–H and O–H groups in total. The molecule has 0 aliphatic heterocycles. The minimum Gasteiger partial charge on any atom is -0.344 e. The number of halogens is 1. The maximum Gasteiger partial charge on any atom is 0.319 e. The first-order valence-corrected chi connectivity index (χ1v) is 6.29. The lowest BCUT2D eigenvalue weighted by molar-refractivity contribution is 0.247. The van der Waals surface area contributed by atoms with Crippen molar-refractivity contribution in [1.82, 2.24) is 20.3 Å². The molecule has 0 aliphatic carbocycles. The summed E-state index contributed by atoms with van der Waals surface area (Å²) in [4.78, 5) is 22.6. The number of amides is 2. The van der Waals surface area contributed by atoms with Gasteiger partial charge in [0.1, 0.15) is 5.82 Å². The van der Waals surface area contributed by atoms with Gasteiger partial charge in [-0.1, -0.05) is 6.92 Å². The topological polar surface area (TPSA) is 82.7 Å². The molecule has 2 heterocycles. The molecule has 0 saturated carbocycles. The third-order valence-corrected chi connectivity index (χ3v) is 2.77. The van der Waals surface area contributed by atoms with Crippen LogP contribution in [0.1, 0.15) is 30.9 Å². The van der Waals surface area contributed by atoms with Gasteiger partial charge in [-0.05, 0) is 25.5 Å². The molecule has 106 valence electrons. The Morgan fingerprint density at radius 1 is 1.50 bits per heavy atom. The smallest absolute Gasteiger partial charge is 0.319 e. The number of nitrogens with one attached hydrogen (secondary N) is 3. The molecule has 0 bridgehead atoms. The van der Waals surface area contributed by atoms with E-state index in [1.54, 1.807) is 12.3 Å². The summed E-state index contributed by atoms with van der Waals surface area (Å²) < 4.78 is 13.3. The molecule has 1 unspecified atom stereocenters. The minimum atomic E-state index is -0.718. The normalized spacial score (nSPS) is 11.9. The summed E-state index contributed by atoms with van der Waals surface area (Å²) >= 11 is 0. The predicted octanol–water partition coefficient (Wildman–Crippen LogP) is 2.53. The van der Waals surface area contributed by atoms with E-state index in [9.17, 15) is 9.18 Å². The molecule has 2 amide bonds. The Balaban J connectivity index is 2.01. The fraction of sp³-hybridized carbons (Fsp3) is 0.308. The molecule has 0 saturated heterocycles. The van der Waals surface area contributed by atoms with E-state index >= 15 is 0 Å². The quantitative estimate of drug-likeness (QED) is 0.751. The van der Waals surface area contributed by atoms with Crippen molar-refractivity contribution in [3.63, 3.8) is 0 Å². The molecule has 6 nitrogen and oxygen atoms in total. The molecule has 2 rings (SSSR count). The number of aromatic nitrogens is 3. The lowest BCUT2D eigenvalue weighted by Crippen LogP contribution is -2.33. The Bertz CT molecular complexity index is 598. The van der Waals surface area contributed by atoms with Gasteiger partial charge >= 0.3 is 6.03 Å². The SMILES string of the molecule is CCC(NC(=O)Nc1cccnc1F)c1ncc(C)[nH]1. The van der Waals surface area contributed by atoms with Crippen LogP contribution >= 0.6 is 0 Å². The number of aromatic amines is 1. The molecule has 0 spiro atoms. The number of carbonyl (C=O) groups excluding carboxylic acids is 1. The maximum atomic E-state index is 13.3. The van der Waals surface area contributed by atoms with Crippen LogP contribution in [0.2, 0.25) is 0 Å². The molecule has 2 aromatic heterocycles. The molecule has 7 heteroatoms. The Labute approximate surface area is 115 Å². The summed E-state index contributed by atoms with van der Waals surface area (Å²) in [5.41, 5.74) is 0.953. The number of anilines is 1. The van der Waals surface area contributed by atoms with Crippen LogP contribution in [0.4, 0.5) is 14.9 Å². The average Bonchev–Trinajstić information content (AvgIpc) is 2.85. The second-order valence-corrected chi connectivity index (χ2v) is 4.35. The molecule has 0 fully saturated rings. The van der Waals surface area contributed by atoms with Gasteiger partial charge in [0.25, 0.3) is 0 Å². The number of hydrogen-bond acceptors (Lipinski definition) is 3. The lowest BCUT2D eigenvalue weighted by atomic mass is 10.2. The van der Waals surface area contributed by atoms with Crippen molar-refractivity contribution in [2.24, 2.45) is 0 Å². The van der Waals surface area contributed by atoms with Gasteiger partial charge in [-0.3, -0.25) is 0 Å². The number of imidazole rings is 1. The first-order valence-electron chi connectivity index (χ1n) is 6.29. The van der Waals surface area contributed by atoms with Gasteiger partial charge in [-0.15, -0.1) is 0 Å². The third-order valence-electron chi connectivity index (χ3n) is 2.77. The van der Waals surface area contributed by atoms with E-state index in [1.807, 2.05) is 13.8 Å². The highest BCUT2D eigenvalue weighted by atomic mass is 19.1. The monoisotopic (exact) mass is 277 g/mol. The molecular weight excluding hydrogens is 261 g/mol. The number of carbonyl (C=O) groups is 1. The maximum absolute atomic E-state index is 13.3. The van der Waals surface area contributed by atoms with Gasteiger partial charge in [0.15, 0.2) is 0 Å². The lowest BCUT2D eigenvalue weighted by Gasteiger charge is -2.15. The zero-order valence-corrected chi connectivity index (χ0v) is 11.3. The van der Waals surface area contributed by atoms with Gasteiger partial charge in [-0.25, -0.2) is 14.8 Å². The van der Waals surface area contributed by atoms with Crippen molar-refractivity contribution in [2.45, 2.75) is 26.3 Å². The number of urea groups is 1. The van der Waals surface area contributed by atoms with Crippen molar-refractivity contribution in [3.8, 4) is 0 Å². The first kappa shape index (κ1) is 14.0. The van der Waals surface area contributed by atoms with E-state index in [1.165, 1.54) is 12.3 Å². The van der Waals surface area contributed by atoms with Crippen molar-refractivity contribution >= 4 is 11.7 Å². The third kappa shape index (κ3) is 3.31. The highest BCUT2D eigenvalue weighted by molar-refractivity contribution is 5.89. The summed E-state index contributed by atoms with van der Waals surface area (Å²) in [6.45, 7) is 3.81. The zero-order chi connectivity index (χ0) is 14.5. The van der Waals surface area contributed by atoms with Crippen molar-refractivity contribution in [3.05, 3.63) is 42.0 Å². The number of pyridine rings is 1. The van der Waals surface area contributed by atoms with E-state index in [-0.39, 0.29) is 11.7 Å². The van der Waals surface area contributed by atoms with Crippen LogP contribution in [-0.4, -0.2) is 21.0 Å². The average molecular weight is 277 g/mol. The second-order valence-electron chi connectivity index (χ2n) is 4.35. The van der Waals surface area contributed by atoms with E-state index in [4.69, 9.17) is 0 Å². The largest absolute Gasteiger partial charge is 0.344 e. The predicted molar refractivity (Wildman–Crippen MR) is 72.7 cm³/mol. The highest BCUT2D eigenvalue weighted by Crippen LogP contribution is 2.14. The number of nitrogens with zero attached hydrogens (tertiary/aromatic N) is 2. The number of hydrogen-bond donors (Lipinski definition) is 3. The standard InChI is InChI=1S/C13H16FN5O/c1-3-9(12-16-7-8(2)17-12)18-13(20)19-10-5-4-6-15-11(10)14/h4-7,9H,3H2,1-2H3,(H,16,17)(H2,18,19,20). The fourth-order valence-electron chi connectivity index (χ4n) is 1.77. The van der Waals surface area contributed by atoms with E-state index in [0.29, 0.717) is 12.2 Å². The summed E-state index contributed by atoms with van der Waals surface area (Å²) in [6.07, 6.45) is 3.67. The van der Waals surface area contributed by atoms with Crippen LogP contribution in [0.5, 0.6) is 0 Å². The van der Waals surface area contributed by atoms with Gasteiger partial charge in [0.05, 0.1) is 11.7 Å². The Morgan fingerprint density at radius 3 is 2.90 bits per heavy atom. The van der Waals surface area contributed by atoms with Crippen LogP contribution in [0.3, 0.4) is 0 Å². The Hall–Kier alpha value is -2.44. The molecule has 2 aromatic rings. The summed E-state index contributed by atoms with van der Waals surface area (Å²) in [6, 6.07) is 2.23. The van der Waals surface area contributed by atoms with E-state index < -0.39 is 12.0 Å². The van der Waals surface area contributed by atoms with Gasteiger partial charge in [0.2, 0.25) is 5.95 Å². The van der Waals surface area contributed by atoms with Gasteiger partial charge in [-0.2, -0.15) is 4.39 Å². The van der Waals surface area contributed by atoms with Crippen LogP contribution in [0.25, 0.3) is 0 Å². The van der Waals surface area contributed by atoms with Crippen molar-refractivity contribution < 1.29 is 9.18 Å². The summed E-state index contributed by atoms with van der Waals surface area (Å²) in [5.74, 6) is -0.0450. The van der Waals surface area contributed by atoms with Gasteiger partial charge < -0.3 is 15.6 Å². The minimum absolute atomic E-state index is 0.0375. The molecule has 20 heavy (non-hydrogen) atoms. The van der Waals surface area contributed by atoms with Crippen LogP contribution in [0.15, 0.2) is 24.5 Å². The Morgan fingerprint density at radius 2 is 2.30 bits per heavy atom. The second kappa shape index (κ2) is 6.14.